The first-order valence-corrected chi connectivity index (χ1v) is 13.7. The van der Waals surface area contributed by atoms with Crippen molar-refractivity contribution < 1.29 is 14.3 Å². The van der Waals surface area contributed by atoms with Crippen LogP contribution in [0, 0.1) is 0 Å². The van der Waals surface area contributed by atoms with Crippen LogP contribution in [0.4, 0.5) is 4.79 Å². The zero-order valence-electron chi connectivity index (χ0n) is 20.7. The number of fused-ring (bicyclic) bond motifs is 5. The average molecular weight is 494 g/mol. The Balaban J connectivity index is 1.55. The van der Waals surface area contributed by atoms with Crippen molar-refractivity contribution >= 4 is 17.4 Å². The Labute approximate surface area is 211 Å². The number of amides is 2. The van der Waals surface area contributed by atoms with Gasteiger partial charge in [0.1, 0.15) is 10.8 Å². The lowest BCUT2D eigenvalue weighted by molar-refractivity contribution is 0.143. The number of nitrogens with zero attached hydrogens (tertiary/aromatic N) is 2. The normalized spacial score (nSPS) is 16.7. The van der Waals surface area contributed by atoms with Crippen LogP contribution in [0.2, 0.25) is 0 Å². The van der Waals surface area contributed by atoms with Gasteiger partial charge < -0.3 is 24.3 Å². The third-order valence-corrected chi connectivity index (χ3v) is 8.20. The fourth-order valence-electron chi connectivity index (χ4n) is 5.29. The number of carbonyl (C=O) groups is 1. The summed E-state index contributed by atoms with van der Waals surface area (Å²) in [6.45, 7) is 7.14. The largest absolute Gasteiger partial charge is 0.494 e. The van der Waals surface area contributed by atoms with E-state index in [1.54, 1.807) is 0 Å². The molecule has 3 aromatic rings. The van der Waals surface area contributed by atoms with E-state index in [0.717, 1.165) is 36.3 Å². The lowest BCUT2D eigenvalue weighted by atomic mass is 9.95. The van der Waals surface area contributed by atoms with Crippen LogP contribution in [0.5, 0.6) is 5.75 Å². The summed E-state index contributed by atoms with van der Waals surface area (Å²) < 4.78 is 13.6. The zero-order valence-corrected chi connectivity index (χ0v) is 21.5. The quantitative estimate of drug-likeness (QED) is 0.400. The predicted octanol–water partition coefficient (Wildman–Crippen LogP) is 5.86. The Morgan fingerprint density at radius 2 is 2.00 bits per heavy atom. The number of nitrogens with one attached hydrogen (secondary N) is 1. The number of thiophene rings is 1. The molecule has 0 spiro atoms. The van der Waals surface area contributed by atoms with Crippen LogP contribution in [-0.2, 0) is 24.1 Å². The highest BCUT2D eigenvalue weighted by Crippen LogP contribution is 2.44. The Hall–Kier alpha value is -2.77. The number of rotatable bonds is 8. The molecule has 1 aliphatic heterocycles. The molecule has 0 fully saturated rings. The molecule has 1 unspecified atom stereocenters. The van der Waals surface area contributed by atoms with Crippen molar-refractivity contribution in [3.8, 4) is 10.8 Å². The van der Waals surface area contributed by atoms with Gasteiger partial charge in [0.25, 0.3) is 0 Å². The van der Waals surface area contributed by atoms with Crippen LogP contribution in [0.3, 0.4) is 0 Å². The van der Waals surface area contributed by atoms with E-state index in [-0.39, 0.29) is 12.1 Å². The van der Waals surface area contributed by atoms with Crippen molar-refractivity contribution in [3.63, 3.8) is 0 Å². The maximum absolute atomic E-state index is 13.7. The molecule has 1 atom stereocenters. The van der Waals surface area contributed by atoms with E-state index >= 15 is 0 Å². The Morgan fingerprint density at radius 3 is 2.86 bits per heavy atom. The summed E-state index contributed by atoms with van der Waals surface area (Å²) in [6.07, 6.45) is 7.67. The van der Waals surface area contributed by atoms with Gasteiger partial charge in [0.15, 0.2) is 0 Å². The molecule has 2 amide bonds. The summed E-state index contributed by atoms with van der Waals surface area (Å²) in [5.74, 6) is 0.830. The number of aryl methyl sites for hydroxylation is 1. The van der Waals surface area contributed by atoms with Crippen LogP contribution in [0.25, 0.3) is 5.00 Å². The average Bonchev–Trinajstić information content (AvgIpc) is 3.46. The van der Waals surface area contributed by atoms with E-state index < -0.39 is 0 Å². The van der Waals surface area contributed by atoms with Crippen LogP contribution < -0.4 is 10.1 Å². The molecular weight excluding hydrogens is 458 g/mol. The number of urea groups is 1. The van der Waals surface area contributed by atoms with E-state index in [1.807, 2.05) is 42.2 Å². The van der Waals surface area contributed by atoms with Gasteiger partial charge >= 0.3 is 6.03 Å². The third-order valence-electron chi connectivity index (χ3n) is 6.87. The minimum Gasteiger partial charge on any atom is -0.494 e. The molecule has 7 heteroatoms. The first-order chi connectivity index (χ1) is 17.2. The number of hydrogen-bond donors (Lipinski definition) is 1. The van der Waals surface area contributed by atoms with E-state index in [2.05, 4.69) is 40.3 Å². The molecule has 1 N–H and O–H groups in total. The Kier molecular flexibility index (Phi) is 7.44. The SMILES string of the molecule is CCOCCCNC(=O)N1Cc2c(sc3c2CCCC3)-n2cccc2C1c1cccc(OCC)c1. The first kappa shape index (κ1) is 23.9. The van der Waals surface area contributed by atoms with Gasteiger partial charge in [-0.3, -0.25) is 0 Å². The molecule has 3 heterocycles. The van der Waals surface area contributed by atoms with Gasteiger partial charge in [-0.25, -0.2) is 4.79 Å². The minimum absolute atomic E-state index is 0.0373. The molecule has 2 aliphatic rings. The van der Waals surface area contributed by atoms with Crippen LogP contribution >= 0.6 is 11.3 Å². The smallest absolute Gasteiger partial charge is 0.318 e. The van der Waals surface area contributed by atoms with Crippen LogP contribution in [0.1, 0.15) is 66.4 Å². The number of aromatic nitrogens is 1. The van der Waals surface area contributed by atoms with Gasteiger partial charge in [-0.05, 0) is 81.3 Å². The zero-order chi connectivity index (χ0) is 24.2. The van der Waals surface area contributed by atoms with Crippen molar-refractivity contribution in [1.29, 1.82) is 0 Å². The predicted molar refractivity (Wildman–Crippen MR) is 140 cm³/mol. The first-order valence-electron chi connectivity index (χ1n) is 12.9. The van der Waals surface area contributed by atoms with Crippen molar-refractivity contribution in [3.05, 3.63) is 69.9 Å². The monoisotopic (exact) mass is 493 g/mol. The van der Waals surface area contributed by atoms with Crippen molar-refractivity contribution in [2.24, 2.45) is 0 Å². The van der Waals surface area contributed by atoms with Crippen molar-refractivity contribution in [1.82, 2.24) is 14.8 Å². The molecule has 2 aromatic heterocycles. The lowest BCUT2D eigenvalue weighted by Gasteiger charge is -2.31. The highest BCUT2D eigenvalue weighted by Gasteiger charge is 2.36. The van der Waals surface area contributed by atoms with E-state index in [1.165, 1.54) is 33.8 Å². The topological polar surface area (TPSA) is 55.7 Å². The molecular formula is C28H35N3O3S. The number of ether oxygens (including phenoxy) is 2. The van der Waals surface area contributed by atoms with Gasteiger partial charge in [-0.2, -0.15) is 0 Å². The van der Waals surface area contributed by atoms with Crippen molar-refractivity contribution in [2.75, 3.05) is 26.4 Å². The summed E-state index contributed by atoms with van der Waals surface area (Å²) in [6, 6.07) is 12.2. The van der Waals surface area contributed by atoms with Gasteiger partial charge in [0, 0.05) is 36.4 Å². The maximum atomic E-state index is 13.7. The maximum Gasteiger partial charge on any atom is 0.318 e. The molecule has 1 aromatic carbocycles. The van der Waals surface area contributed by atoms with Gasteiger partial charge in [-0.1, -0.05) is 12.1 Å². The molecule has 0 radical (unpaired) electrons. The fraction of sp³-hybridized carbons (Fsp3) is 0.464. The van der Waals surface area contributed by atoms with E-state index in [0.29, 0.717) is 32.9 Å². The molecule has 0 saturated heterocycles. The molecule has 0 saturated carbocycles. The number of hydrogen-bond acceptors (Lipinski definition) is 4. The second kappa shape index (κ2) is 10.9. The highest BCUT2D eigenvalue weighted by molar-refractivity contribution is 7.15. The third kappa shape index (κ3) is 4.84. The van der Waals surface area contributed by atoms with Gasteiger partial charge in [-0.15, -0.1) is 11.3 Å². The molecule has 0 bridgehead atoms. The van der Waals surface area contributed by atoms with Crippen molar-refractivity contribution in [2.45, 2.75) is 58.5 Å². The Bertz CT molecular complexity index is 1170. The second-order valence-electron chi connectivity index (χ2n) is 9.12. The Morgan fingerprint density at radius 1 is 1.11 bits per heavy atom. The molecule has 186 valence electrons. The highest BCUT2D eigenvalue weighted by atomic mass is 32.1. The van der Waals surface area contributed by atoms with Crippen LogP contribution in [-0.4, -0.2) is 41.9 Å². The molecule has 5 rings (SSSR count). The van der Waals surface area contributed by atoms with Crippen LogP contribution in [0.15, 0.2) is 42.6 Å². The van der Waals surface area contributed by atoms with E-state index in [9.17, 15) is 4.79 Å². The van der Waals surface area contributed by atoms with Gasteiger partial charge in [0.2, 0.25) is 0 Å². The fourth-order valence-corrected chi connectivity index (χ4v) is 6.70. The summed E-state index contributed by atoms with van der Waals surface area (Å²) >= 11 is 1.91. The molecule has 6 nitrogen and oxygen atoms in total. The summed E-state index contributed by atoms with van der Waals surface area (Å²) in [5.41, 5.74) is 4.95. The summed E-state index contributed by atoms with van der Waals surface area (Å²) in [5, 5.41) is 4.45. The standard InChI is InChI=1S/C28H35N3O3S/c1-3-33-17-9-15-29-28(32)31-19-23-22-12-5-6-14-25(22)35-27(23)30-16-8-13-24(30)26(31)20-10-7-11-21(18-20)34-4-2/h7-8,10-11,13,16,18,26H,3-6,9,12,14-15,17,19H2,1-2H3,(H,29,32). The summed E-state index contributed by atoms with van der Waals surface area (Å²) in [7, 11) is 0. The minimum atomic E-state index is -0.212. The number of benzene rings is 1. The summed E-state index contributed by atoms with van der Waals surface area (Å²) in [4.78, 5) is 17.3. The number of carbonyl (C=O) groups excluding carboxylic acids is 1. The molecule has 1 aliphatic carbocycles. The molecule has 35 heavy (non-hydrogen) atoms. The van der Waals surface area contributed by atoms with E-state index in [4.69, 9.17) is 9.47 Å². The van der Waals surface area contributed by atoms with Gasteiger partial charge in [0.05, 0.1) is 24.9 Å². The lowest BCUT2D eigenvalue weighted by Crippen LogP contribution is -2.42. The second-order valence-corrected chi connectivity index (χ2v) is 10.2.